The fourth-order valence-electron chi connectivity index (χ4n) is 1.18. The Morgan fingerprint density at radius 2 is 2.35 bits per heavy atom. The molecule has 0 aliphatic rings. The predicted molar refractivity (Wildman–Crippen MR) is 67.9 cm³/mol. The molecule has 0 bridgehead atoms. The van der Waals surface area contributed by atoms with Crippen molar-refractivity contribution in [3.8, 4) is 0 Å². The number of hydrogen-bond acceptors (Lipinski definition) is 5. The van der Waals surface area contributed by atoms with Gasteiger partial charge in [-0.15, -0.1) is 0 Å². The standard InChI is InChI=1S/C10H16N4O2S/c1-2-17(16)6-5-13-10(15)8-3-4-12-9(7-8)14-11/h3-4,7H,2,5-6,11H2,1H3,(H,12,14)(H,13,15). The average Bonchev–Trinajstić information content (AvgIpc) is 2.38. The second-order valence-corrected chi connectivity index (χ2v) is 5.13. The maximum atomic E-state index is 11.7. The summed E-state index contributed by atoms with van der Waals surface area (Å²) in [4.78, 5) is 15.6. The van der Waals surface area contributed by atoms with Crippen LogP contribution < -0.4 is 16.6 Å². The number of rotatable bonds is 6. The number of aromatic nitrogens is 1. The minimum absolute atomic E-state index is 0.225. The molecular formula is C10H16N4O2S. The molecule has 6 nitrogen and oxygen atoms in total. The second kappa shape index (κ2) is 6.97. The van der Waals surface area contributed by atoms with E-state index < -0.39 is 10.8 Å². The number of anilines is 1. The Bertz CT molecular complexity index is 411. The van der Waals surface area contributed by atoms with Gasteiger partial charge >= 0.3 is 0 Å². The summed E-state index contributed by atoms with van der Waals surface area (Å²) in [6.45, 7) is 2.24. The van der Waals surface area contributed by atoms with Gasteiger partial charge in [-0.05, 0) is 12.1 Å². The number of nitrogens with one attached hydrogen (secondary N) is 2. The summed E-state index contributed by atoms with van der Waals surface area (Å²) < 4.78 is 11.2. The number of amides is 1. The van der Waals surface area contributed by atoms with Crippen LogP contribution in [-0.4, -0.2) is 33.2 Å². The van der Waals surface area contributed by atoms with Gasteiger partial charge in [-0.2, -0.15) is 0 Å². The van der Waals surface area contributed by atoms with E-state index in [1.54, 1.807) is 12.1 Å². The van der Waals surface area contributed by atoms with Crippen molar-refractivity contribution in [1.29, 1.82) is 0 Å². The molecule has 0 radical (unpaired) electrons. The minimum atomic E-state index is -0.865. The zero-order valence-electron chi connectivity index (χ0n) is 9.60. The summed E-state index contributed by atoms with van der Waals surface area (Å²) in [6.07, 6.45) is 1.49. The first kappa shape index (κ1) is 13.6. The zero-order chi connectivity index (χ0) is 12.7. The first-order valence-corrected chi connectivity index (χ1v) is 6.72. The summed E-state index contributed by atoms with van der Waals surface area (Å²) in [5.41, 5.74) is 2.83. The number of nitrogen functional groups attached to an aromatic ring is 1. The van der Waals surface area contributed by atoms with Crippen LogP contribution in [0.25, 0.3) is 0 Å². The smallest absolute Gasteiger partial charge is 0.251 e. The normalized spacial score (nSPS) is 11.9. The fraction of sp³-hybridized carbons (Fsp3) is 0.400. The van der Waals surface area contributed by atoms with Gasteiger partial charge in [0.15, 0.2) is 0 Å². The molecule has 1 heterocycles. The summed E-state index contributed by atoms with van der Waals surface area (Å²) >= 11 is 0. The molecule has 0 saturated carbocycles. The molecule has 1 aromatic rings. The third-order valence-corrected chi connectivity index (χ3v) is 3.41. The van der Waals surface area contributed by atoms with Crippen LogP contribution in [0, 0.1) is 0 Å². The summed E-state index contributed by atoms with van der Waals surface area (Å²) in [7, 11) is -0.865. The van der Waals surface area contributed by atoms with Gasteiger partial charge in [0.2, 0.25) is 0 Å². The van der Waals surface area contributed by atoms with Gasteiger partial charge in [0.25, 0.3) is 5.91 Å². The first-order valence-electron chi connectivity index (χ1n) is 5.23. The molecule has 4 N–H and O–H groups in total. The van der Waals surface area contributed by atoms with Crippen molar-refractivity contribution < 1.29 is 9.00 Å². The van der Waals surface area contributed by atoms with Gasteiger partial charge in [0.05, 0.1) is 0 Å². The number of pyridine rings is 1. The third-order valence-electron chi connectivity index (χ3n) is 2.11. The average molecular weight is 256 g/mol. The molecule has 1 aromatic heterocycles. The fourth-order valence-corrected chi connectivity index (χ4v) is 1.79. The van der Waals surface area contributed by atoms with Crippen LogP contribution >= 0.6 is 0 Å². The van der Waals surface area contributed by atoms with E-state index in [0.29, 0.717) is 29.4 Å². The van der Waals surface area contributed by atoms with E-state index in [1.165, 1.54) is 6.20 Å². The summed E-state index contributed by atoms with van der Waals surface area (Å²) in [5.74, 6) is 6.46. The number of nitrogens with zero attached hydrogens (tertiary/aromatic N) is 1. The highest BCUT2D eigenvalue weighted by Gasteiger charge is 2.06. The van der Waals surface area contributed by atoms with E-state index in [2.05, 4.69) is 15.7 Å². The highest BCUT2D eigenvalue weighted by molar-refractivity contribution is 7.84. The molecule has 0 fully saturated rings. The van der Waals surface area contributed by atoms with Gasteiger partial charge in [0.1, 0.15) is 5.82 Å². The summed E-state index contributed by atoms with van der Waals surface area (Å²) in [6, 6.07) is 3.14. The molecule has 0 spiro atoms. The molecule has 1 rings (SSSR count). The summed E-state index contributed by atoms with van der Waals surface area (Å²) in [5, 5.41) is 2.69. The van der Waals surface area contributed by atoms with Crippen molar-refractivity contribution in [3.05, 3.63) is 23.9 Å². The quantitative estimate of drug-likeness (QED) is 0.486. The Morgan fingerprint density at radius 3 is 3.00 bits per heavy atom. The van der Waals surface area contributed by atoms with Gasteiger partial charge in [-0.3, -0.25) is 9.00 Å². The van der Waals surface area contributed by atoms with Crippen LogP contribution in [0.15, 0.2) is 18.3 Å². The Morgan fingerprint density at radius 1 is 1.59 bits per heavy atom. The van der Waals surface area contributed by atoms with Crippen molar-refractivity contribution in [2.45, 2.75) is 6.92 Å². The molecule has 1 unspecified atom stereocenters. The van der Waals surface area contributed by atoms with Crippen LogP contribution in [-0.2, 0) is 10.8 Å². The van der Waals surface area contributed by atoms with Crippen LogP contribution in [0.4, 0.5) is 5.82 Å². The van der Waals surface area contributed by atoms with Gasteiger partial charge in [-0.25, -0.2) is 10.8 Å². The lowest BCUT2D eigenvalue weighted by atomic mass is 10.2. The van der Waals surface area contributed by atoms with Gasteiger partial charge < -0.3 is 10.7 Å². The van der Waals surface area contributed by atoms with Crippen LogP contribution in [0.1, 0.15) is 17.3 Å². The highest BCUT2D eigenvalue weighted by Crippen LogP contribution is 2.04. The molecule has 7 heteroatoms. The SMILES string of the molecule is CCS(=O)CCNC(=O)c1ccnc(NN)c1. The van der Waals surface area contributed by atoms with E-state index in [0.717, 1.165) is 0 Å². The second-order valence-electron chi connectivity index (χ2n) is 3.26. The maximum Gasteiger partial charge on any atom is 0.251 e. The molecule has 0 saturated heterocycles. The zero-order valence-corrected chi connectivity index (χ0v) is 10.4. The van der Waals surface area contributed by atoms with Crippen LogP contribution in [0.3, 0.4) is 0 Å². The van der Waals surface area contributed by atoms with E-state index in [1.807, 2.05) is 6.92 Å². The molecule has 0 aromatic carbocycles. The van der Waals surface area contributed by atoms with E-state index >= 15 is 0 Å². The largest absolute Gasteiger partial charge is 0.351 e. The number of nitrogens with two attached hydrogens (primary N) is 1. The van der Waals surface area contributed by atoms with Crippen LogP contribution in [0.2, 0.25) is 0 Å². The van der Waals surface area contributed by atoms with Crippen LogP contribution in [0.5, 0.6) is 0 Å². The molecule has 1 atom stereocenters. The van der Waals surface area contributed by atoms with Crippen molar-refractivity contribution in [1.82, 2.24) is 10.3 Å². The molecule has 17 heavy (non-hydrogen) atoms. The molecule has 94 valence electrons. The molecule has 0 aliphatic carbocycles. The monoisotopic (exact) mass is 256 g/mol. The van der Waals surface area contributed by atoms with Crippen molar-refractivity contribution >= 4 is 22.5 Å². The first-order chi connectivity index (χ1) is 8.17. The Balaban J connectivity index is 2.49. The highest BCUT2D eigenvalue weighted by atomic mass is 32.2. The Kier molecular flexibility index (Phi) is 5.58. The lowest BCUT2D eigenvalue weighted by Crippen LogP contribution is -2.28. The number of carbonyl (C=O) groups is 1. The minimum Gasteiger partial charge on any atom is -0.351 e. The van der Waals surface area contributed by atoms with Gasteiger partial charge in [-0.1, -0.05) is 6.92 Å². The van der Waals surface area contributed by atoms with Gasteiger partial charge in [0, 0.05) is 40.6 Å². The number of hydrogen-bond donors (Lipinski definition) is 3. The lowest BCUT2D eigenvalue weighted by molar-refractivity contribution is 0.0956. The Hall–Kier alpha value is -1.47. The third kappa shape index (κ3) is 4.49. The molecule has 1 amide bonds. The molecular weight excluding hydrogens is 240 g/mol. The number of hydrazine groups is 1. The lowest BCUT2D eigenvalue weighted by Gasteiger charge is -2.05. The number of carbonyl (C=O) groups excluding carboxylic acids is 1. The van der Waals surface area contributed by atoms with Crippen molar-refractivity contribution in [2.24, 2.45) is 5.84 Å². The van der Waals surface area contributed by atoms with E-state index in [4.69, 9.17) is 5.84 Å². The predicted octanol–water partition coefficient (Wildman–Crippen LogP) is -0.134. The maximum absolute atomic E-state index is 11.7. The van der Waals surface area contributed by atoms with Crippen molar-refractivity contribution in [3.63, 3.8) is 0 Å². The van der Waals surface area contributed by atoms with E-state index in [-0.39, 0.29) is 5.91 Å². The molecule has 0 aliphatic heterocycles. The topological polar surface area (TPSA) is 97.1 Å². The van der Waals surface area contributed by atoms with Crippen molar-refractivity contribution in [2.75, 3.05) is 23.5 Å². The van der Waals surface area contributed by atoms with E-state index in [9.17, 15) is 9.00 Å². The Labute approximate surface area is 102 Å².